The maximum Gasteiger partial charge on any atom is 0.234 e. The van der Waals surface area contributed by atoms with Crippen molar-refractivity contribution in [3.8, 4) is 5.75 Å². The lowest BCUT2D eigenvalue weighted by atomic mass is 9.69. The molecule has 0 radical (unpaired) electrons. The third kappa shape index (κ3) is 4.69. The Kier molecular flexibility index (Phi) is 6.70. The predicted octanol–water partition coefficient (Wildman–Crippen LogP) is 6.19. The van der Waals surface area contributed by atoms with Crippen LogP contribution in [-0.2, 0) is 9.59 Å². The molecule has 188 valence electrons. The van der Waals surface area contributed by atoms with Crippen LogP contribution < -0.4 is 10.1 Å². The molecule has 5 nitrogen and oxygen atoms in total. The number of para-hydroxylation sites is 1. The summed E-state index contributed by atoms with van der Waals surface area (Å²) in [6.07, 6.45) is 0.860. The number of hydrogen-bond acceptors (Lipinski definition) is 4. The van der Waals surface area contributed by atoms with Crippen LogP contribution >= 0.6 is 0 Å². The number of Topliss-reactive ketones (excluding diaryl/α,β-unsaturated/α-hetero) is 1. The van der Waals surface area contributed by atoms with E-state index in [4.69, 9.17) is 9.73 Å². The van der Waals surface area contributed by atoms with Crippen molar-refractivity contribution in [2.45, 2.75) is 31.6 Å². The van der Waals surface area contributed by atoms with Crippen LogP contribution in [0.5, 0.6) is 5.75 Å². The molecule has 1 heterocycles. The molecule has 3 atom stereocenters. The number of anilines is 1. The minimum atomic E-state index is -0.892. The summed E-state index contributed by atoms with van der Waals surface area (Å²) >= 11 is 0. The van der Waals surface area contributed by atoms with Crippen molar-refractivity contribution in [2.75, 3.05) is 12.4 Å². The molecule has 1 aliphatic carbocycles. The highest BCUT2D eigenvalue weighted by Gasteiger charge is 2.45. The van der Waals surface area contributed by atoms with Gasteiger partial charge >= 0.3 is 0 Å². The Balaban J connectivity index is 1.59. The minimum Gasteiger partial charge on any atom is -0.496 e. The largest absolute Gasteiger partial charge is 0.496 e. The number of hydrogen-bond donors (Lipinski definition) is 1. The number of carbonyl (C=O) groups excluding carboxylic acids is 2. The topological polar surface area (TPSA) is 67.8 Å². The normalized spacial score (nSPS) is 21.2. The zero-order valence-electron chi connectivity index (χ0n) is 20.5. The summed E-state index contributed by atoms with van der Waals surface area (Å²) < 4.78 is 33.4. The van der Waals surface area contributed by atoms with Gasteiger partial charge in [0.2, 0.25) is 5.91 Å². The second-order valence-electron chi connectivity index (χ2n) is 9.36. The zero-order chi connectivity index (χ0) is 26.1. The fourth-order valence-corrected chi connectivity index (χ4v) is 5.42. The fraction of sp³-hybridized carbons (Fsp3) is 0.233. The highest BCUT2D eigenvalue weighted by atomic mass is 19.1. The standard InChI is InChI=1S/C30H26F2N2O3/c1-17-27(30(36)34-23-13-12-20(31)16-22(23)32)28(21-10-6-7-11-26(21)37-2)29-24(33-17)14-19(15-25(29)35)18-8-4-3-5-9-18/h3-13,16,19,27-28H,14-15H2,1-2H3,(H,34,36)/t19-,27?,28+/m1/s1. The van der Waals surface area contributed by atoms with Crippen molar-refractivity contribution in [1.82, 2.24) is 0 Å². The molecular weight excluding hydrogens is 474 g/mol. The summed E-state index contributed by atoms with van der Waals surface area (Å²) in [6.45, 7) is 1.74. The number of rotatable bonds is 5. The molecule has 0 bridgehead atoms. The van der Waals surface area contributed by atoms with Crippen LogP contribution in [0.1, 0.15) is 42.7 Å². The van der Waals surface area contributed by atoms with Crippen molar-refractivity contribution in [3.05, 3.63) is 107 Å². The van der Waals surface area contributed by atoms with Crippen LogP contribution in [0.2, 0.25) is 0 Å². The van der Waals surface area contributed by atoms with E-state index in [-0.39, 0.29) is 17.4 Å². The van der Waals surface area contributed by atoms with Crippen molar-refractivity contribution in [3.63, 3.8) is 0 Å². The molecule has 3 aromatic carbocycles. The van der Waals surface area contributed by atoms with Gasteiger partial charge in [-0.05, 0) is 43.0 Å². The van der Waals surface area contributed by atoms with Gasteiger partial charge in [-0.25, -0.2) is 8.78 Å². The van der Waals surface area contributed by atoms with E-state index in [1.165, 1.54) is 13.2 Å². The van der Waals surface area contributed by atoms with E-state index in [0.717, 1.165) is 11.6 Å². The van der Waals surface area contributed by atoms with E-state index in [0.29, 0.717) is 47.2 Å². The predicted molar refractivity (Wildman–Crippen MR) is 138 cm³/mol. The molecule has 2 aliphatic rings. The third-order valence-corrected chi connectivity index (χ3v) is 7.11. The molecular formula is C30H26F2N2O3. The van der Waals surface area contributed by atoms with Gasteiger partial charge in [0, 0.05) is 41.0 Å². The summed E-state index contributed by atoms with van der Waals surface area (Å²) in [7, 11) is 1.54. The first kappa shape index (κ1) is 24.6. The van der Waals surface area contributed by atoms with Crippen LogP contribution in [0.25, 0.3) is 0 Å². The Labute approximate surface area is 213 Å². The van der Waals surface area contributed by atoms with Gasteiger partial charge in [0.15, 0.2) is 5.78 Å². The van der Waals surface area contributed by atoms with E-state index in [2.05, 4.69) is 5.32 Å². The summed E-state index contributed by atoms with van der Waals surface area (Å²) in [6, 6.07) is 20.1. The van der Waals surface area contributed by atoms with E-state index in [1.807, 2.05) is 48.5 Å². The second kappa shape index (κ2) is 10.1. The minimum absolute atomic E-state index is 0.0130. The Hall–Kier alpha value is -4.13. The fourth-order valence-electron chi connectivity index (χ4n) is 5.42. The molecule has 37 heavy (non-hydrogen) atoms. The number of ether oxygens (including phenoxy) is 1. The maximum absolute atomic E-state index is 14.4. The number of aliphatic imine (C=N–C) groups is 1. The summed E-state index contributed by atoms with van der Waals surface area (Å²) in [5.74, 6) is -3.27. The molecule has 1 N–H and O–H groups in total. The van der Waals surface area contributed by atoms with E-state index in [1.54, 1.807) is 13.0 Å². The number of benzene rings is 3. The maximum atomic E-state index is 14.4. The van der Waals surface area contributed by atoms with E-state index in [9.17, 15) is 18.4 Å². The molecule has 7 heteroatoms. The lowest BCUT2D eigenvalue weighted by Crippen LogP contribution is -2.40. The molecule has 0 aromatic heterocycles. The highest BCUT2D eigenvalue weighted by Crippen LogP contribution is 2.48. The van der Waals surface area contributed by atoms with Gasteiger partial charge in [0.1, 0.15) is 17.4 Å². The number of nitrogens with one attached hydrogen (secondary N) is 1. The molecule has 0 fully saturated rings. The van der Waals surface area contributed by atoms with E-state index < -0.39 is 29.4 Å². The number of carbonyl (C=O) groups is 2. The molecule has 3 aromatic rings. The average Bonchev–Trinajstić information content (AvgIpc) is 2.89. The van der Waals surface area contributed by atoms with Crippen molar-refractivity contribution >= 4 is 23.1 Å². The Morgan fingerprint density at radius 3 is 2.46 bits per heavy atom. The Morgan fingerprint density at radius 2 is 1.73 bits per heavy atom. The molecule has 5 rings (SSSR count). The lowest BCUT2D eigenvalue weighted by molar-refractivity contribution is -0.119. The molecule has 0 saturated carbocycles. The summed E-state index contributed by atoms with van der Waals surface area (Å²) in [5, 5.41) is 2.58. The Bertz CT molecular complexity index is 1430. The van der Waals surface area contributed by atoms with Gasteiger partial charge in [0.05, 0.1) is 18.7 Å². The van der Waals surface area contributed by atoms with Gasteiger partial charge in [0.25, 0.3) is 0 Å². The quantitative estimate of drug-likeness (QED) is 0.454. The van der Waals surface area contributed by atoms with Crippen molar-refractivity contribution in [1.29, 1.82) is 0 Å². The molecule has 1 amide bonds. The number of halogens is 2. The van der Waals surface area contributed by atoms with Gasteiger partial charge in [-0.3, -0.25) is 14.6 Å². The number of allylic oxidation sites excluding steroid dienone is 2. The molecule has 1 unspecified atom stereocenters. The Morgan fingerprint density at radius 1 is 1.00 bits per heavy atom. The molecule has 1 aliphatic heterocycles. The number of nitrogens with zero attached hydrogens (tertiary/aromatic N) is 1. The SMILES string of the molecule is COc1ccccc1[C@@H]1C2=C(C[C@@H](c3ccccc3)CC2=O)N=C(C)C1C(=O)Nc1ccc(F)cc1F. The van der Waals surface area contributed by atoms with E-state index >= 15 is 0 Å². The lowest BCUT2D eigenvalue weighted by Gasteiger charge is -2.37. The van der Waals surface area contributed by atoms with Crippen LogP contribution in [0, 0.1) is 17.6 Å². The monoisotopic (exact) mass is 500 g/mol. The van der Waals surface area contributed by atoms with Crippen molar-refractivity contribution in [2.24, 2.45) is 10.9 Å². The highest BCUT2D eigenvalue weighted by molar-refractivity contribution is 6.13. The van der Waals surface area contributed by atoms with Crippen LogP contribution in [-0.4, -0.2) is 24.5 Å². The number of amides is 1. The first-order valence-electron chi connectivity index (χ1n) is 12.1. The summed E-state index contributed by atoms with van der Waals surface area (Å²) in [5.41, 5.74) is 3.26. The third-order valence-electron chi connectivity index (χ3n) is 7.11. The first-order valence-corrected chi connectivity index (χ1v) is 12.1. The van der Waals surface area contributed by atoms with Crippen molar-refractivity contribution < 1.29 is 23.1 Å². The second-order valence-corrected chi connectivity index (χ2v) is 9.36. The summed E-state index contributed by atoms with van der Waals surface area (Å²) in [4.78, 5) is 32.1. The van der Waals surface area contributed by atoms with Crippen LogP contribution in [0.3, 0.4) is 0 Å². The zero-order valence-corrected chi connectivity index (χ0v) is 20.5. The number of ketones is 1. The van der Waals surface area contributed by atoms with Gasteiger partial charge < -0.3 is 10.1 Å². The van der Waals surface area contributed by atoms with Gasteiger partial charge in [-0.15, -0.1) is 0 Å². The van der Waals surface area contributed by atoms with Gasteiger partial charge in [-0.1, -0.05) is 48.5 Å². The smallest absolute Gasteiger partial charge is 0.234 e. The molecule has 0 saturated heterocycles. The number of methoxy groups -OCH3 is 1. The van der Waals surface area contributed by atoms with Crippen LogP contribution in [0.4, 0.5) is 14.5 Å². The van der Waals surface area contributed by atoms with Gasteiger partial charge in [-0.2, -0.15) is 0 Å². The van der Waals surface area contributed by atoms with Crippen LogP contribution in [0.15, 0.2) is 89.1 Å². The molecule has 0 spiro atoms. The average molecular weight is 501 g/mol. The first-order chi connectivity index (χ1) is 17.9.